The molecule has 5 heteroatoms. The second-order valence-corrected chi connectivity index (χ2v) is 3.88. The third kappa shape index (κ3) is 3.83. The van der Waals surface area contributed by atoms with Crippen LogP contribution in [0.4, 0.5) is 0 Å². The zero-order valence-corrected chi connectivity index (χ0v) is 10.3. The predicted octanol–water partition coefficient (Wildman–Crippen LogP) is 3.08. The van der Waals surface area contributed by atoms with Crippen molar-refractivity contribution in [2.75, 3.05) is 6.54 Å². The summed E-state index contributed by atoms with van der Waals surface area (Å²) in [4.78, 5) is 15.4. The molecule has 0 saturated carbocycles. The fourth-order valence-electron chi connectivity index (χ4n) is 1.08. The van der Waals surface area contributed by atoms with Crippen LogP contribution < -0.4 is 5.32 Å². The van der Waals surface area contributed by atoms with Gasteiger partial charge in [-0.1, -0.05) is 35.4 Å². The van der Waals surface area contributed by atoms with Crippen LogP contribution in [0.1, 0.15) is 23.7 Å². The highest BCUT2D eigenvalue weighted by Gasteiger charge is 2.07. The van der Waals surface area contributed by atoms with Crippen LogP contribution in [-0.4, -0.2) is 17.4 Å². The van der Waals surface area contributed by atoms with E-state index in [0.29, 0.717) is 12.1 Å². The number of hydrogen-bond donors (Lipinski definition) is 1. The Kier molecular flexibility index (Phi) is 5.29. The van der Waals surface area contributed by atoms with Crippen molar-refractivity contribution in [2.24, 2.45) is 0 Å². The number of amides is 1. The molecule has 1 N–H and O–H groups in total. The molecule has 0 atom stereocenters. The lowest BCUT2D eigenvalue weighted by molar-refractivity contribution is 0.0954. The van der Waals surface area contributed by atoms with Gasteiger partial charge in [-0.3, -0.25) is 4.79 Å². The zero-order chi connectivity index (χ0) is 12.0. The van der Waals surface area contributed by atoms with Crippen LogP contribution >= 0.6 is 23.2 Å². The highest BCUT2D eigenvalue weighted by atomic mass is 35.5. The van der Waals surface area contributed by atoms with Crippen molar-refractivity contribution < 1.29 is 4.79 Å². The van der Waals surface area contributed by atoms with Crippen molar-refractivity contribution in [3.05, 3.63) is 40.2 Å². The number of carbonyl (C=O) groups excluding carboxylic acids is 1. The molecule has 0 unspecified atom stereocenters. The van der Waals surface area contributed by atoms with Gasteiger partial charge in [0.2, 0.25) is 0 Å². The van der Waals surface area contributed by atoms with Crippen LogP contribution in [0.5, 0.6) is 0 Å². The predicted molar refractivity (Wildman–Crippen MR) is 66.0 cm³/mol. The molecule has 0 aliphatic heterocycles. The number of nitrogens with zero attached hydrogens (tertiary/aromatic N) is 1. The van der Waals surface area contributed by atoms with Gasteiger partial charge in [-0.15, -0.1) is 0 Å². The fourth-order valence-corrected chi connectivity index (χ4v) is 1.35. The number of rotatable bonds is 4. The summed E-state index contributed by atoms with van der Waals surface area (Å²) in [5.41, 5.74) is 0.412. The number of nitrogens with one attached hydrogen (secondary N) is 1. The molecule has 0 fully saturated rings. The molecule has 0 spiro atoms. The van der Waals surface area contributed by atoms with Gasteiger partial charge >= 0.3 is 0 Å². The van der Waals surface area contributed by atoms with Crippen molar-refractivity contribution in [2.45, 2.75) is 13.3 Å². The van der Waals surface area contributed by atoms with E-state index in [1.165, 1.54) is 12.3 Å². The maximum absolute atomic E-state index is 11.6. The lowest BCUT2D eigenvalue weighted by Crippen LogP contribution is -2.24. The molecule has 3 nitrogen and oxygen atoms in total. The van der Waals surface area contributed by atoms with Gasteiger partial charge in [-0.2, -0.15) is 0 Å². The maximum atomic E-state index is 11.6. The van der Waals surface area contributed by atoms with Gasteiger partial charge in [0.15, 0.2) is 0 Å². The van der Waals surface area contributed by atoms with E-state index in [9.17, 15) is 4.79 Å². The van der Waals surface area contributed by atoms with E-state index in [4.69, 9.17) is 23.2 Å². The van der Waals surface area contributed by atoms with E-state index < -0.39 is 0 Å². The summed E-state index contributed by atoms with van der Waals surface area (Å²) in [5, 5.41) is 3.23. The van der Waals surface area contributed by atoms with Gasteiger partial charge < -0.3 is 5.32 Å². The normalized spacial score (nSPS) is 10.7. The smallest absolute Gasteiger partial charge is 0.252 e. The van der Waals surface area contributed by atoms with Crippen molar-refractivity contribution in [1.82, 2.24) is 10.3 Å². The molecule has 0 aliphatic carbocycles. The van der Waals surface area contributed by atoms with Gasteiger partial charge in [0.1, 0.15) is 5.15 Å². The summed E-state index contributed by atoms with van der Waals surface area (Å²) >= 11 is 11.4. The topological polar surface area (TPSA) is 42.0 Å². The SMILES string of the molecule is C/C=C/CCNC(=O)c1cnc(Cl)c(Cl)c1. The number of hydrogen-bond acceptors (Lipinski definition) is 2. The molecule has 1 rings (SSSR count). The van der Waals surface area contributed by atoms with Crippen molar-refractivity contribution in [3.63, 3.8) is 0 Å². The van der Waals surface area contributed by atoms with Crippen LogP contribution in [0.15, 0.2) is 24.4 Å². The highest BCUT2D eigenvalue weighted by Crippen LogP contribution is 2.19. The van der Waals surface area contributed by atoms with Crippen LogP contribution in [0, 0.1) is 0 Å². The maximum Gasteiger partial charge on any atom is 0.252 e. The molecule has 86 valence electrons. The van der Waals surface area contributed by atoms with Crippen LogP contribution in [-0.2, 0) is 0 Å². The van der Waals surface area contributed by atoms with Crippen molar-refractivity contribution in [1.29, 1.82) is 0 Å². The molecule has 1 aromatic rings. The van der Waals surface area contributed by atoms with E-state index in [2.05, 4.69) is 10.3 Å². The van der Waals surface area contributed by atoms with Gasteiger partial charge in [-0.25, -0.2) is 4.98 Å². The van der Waals surface area contributed by atoms with Crippen molar-refractivity contribution >= 4 is 29.1 Å². The van der Waals surface area contributed by atoms with E-state index in [-0.39, 0.29) is 16.1 Å². The molecule has 0 radical (unpaired) electrons. The summed E-state index contributed by atoms with van der Waals surface area (Å²) in [7, 11) is 0. The average Bonchev–Trinajstić information content (AvgIpc) is 2.28. The quantitative estimate of drug-likeness (QED) is 0.513. The summed E-state index contributed by atoms with van der Waals surface area (Å²) < 4.78 is 0. The molecule has 1 aromatic heterocycles. The molecule has 0 aliphatic rings. The first kappa shape index (κ1) is 13.0. The van der Waals surface area contributed by atoms with Gasteiger partial charge in [-0.05, 0) is 19.4 Å². The minimum absolute atomic E-state index is 0.199. The Hall–Kier alpha value is -1.06. The second kappa shape index (κ2) is 6.51. The standard InChI is InChI=1S/C11H12Cl2N2O/c1-2-3-4-5-14-11(16)8-6-9(12)10(13)15-7-8/h2-3,6-7H,4-5H2,1H3,(H,14,16)/b3-2+. The average molecular weight is 259 g/mol. The number of pyridine rings is 1. The number of carbonyl (C=O) groups is 1. The molecule has 0 bridgehead atoms. The monoisotopic (exact) mass is 258 g/mol. The summed E-state index contributed by atoms with van der Waals surface area (Å²) in [5.74, 6) is -0.199. The minimum atomic E-state index is -0.199. The van der Waals surface area contributed by atoms with Crippen LogP contribution in [0.3, 0.4) is 0 Å². The first-order valence-electron chi connectivity index (χ1n) is 4.85. The summed E-state index contributed by atoms with van der Waals surface area (Å²) in [6, 6.07) is 1.50. The van der Waals surface area contributed by atoms with E-state index >= 15 is 0 Å². The lowest BCUT2D eigenvalue weighted by atomic mass is 10.2. The van der Waals surface area contributed by atoms with Crippen LogP contribution in [0.25, 0.3) is 0 Å². The molecular formula is C11H12Cl2N2O. The van der Waals surface area contributed by atoms with Crippen LogP contribution in [0.2, 0.25) is 10.2 Å². The van der Waals surface area contributed by atoms with Crippen molar-refractivity contribution in [3.8, 4) is 0 Å². The number of halogens is 2. The van der Waals surface area contributed by atoms with Gasteiger partial charge in [0, 0.05) is 12.7 Å². The highest BCUT2D eigenvalue weighted by molar-refractivity contribution is 6.41. The van der Waals surface area contributed by atoms with Gasteiger partial charge in [0.25, 0.3) is 5.91 Å². The zero-order valence-electron chi connectivity index (χ0n) is 8.84. The van der Waals surface area contributed by atoms with E-state index in [0.717, 1.165) is 6.42 Å². The number of aromatic nitrogens is 1. The molecule has 1 amide bonds. The Bertz CT molecular complexity index is 405. The second-order valence-electron chi connectivity index (χ2n) is 3.11. The Labute approximate surface area is 104 Å². The number of allylic oxidation sites excluding steroid dienone is 1. The summed E-state index contributed by atoms with van der Waals surface area (Å²) in [6.45, 7) is 2.52. The molecule has 1 heterocycles. The third-order valence-electron chi connectivity index (χ3n) is 1.89. The Balaban J connectivity index is 2.56. The Morgan fingerprint density at radius 3 is 2.94 bits per heavy atom. The fraction of sp³-hybridized carbons (Fsp3) is 0.273. The third-order valence-corrected chi connectivity index (χ3v) is 2.58. The van der Waals surface area contributed by atoms with E-state index in [1.807, 2.05) is 19.1 Å². The Morgan fingerprint density at radius 2 is 2.31 bits per heavy atom. The van der Waals surface area contributed by atoms with E-state index in [1.54, 1.807) is 0 Å². The Morgan fingerprint density at radius 1 is 1.56 bits per heavy atom. The molecular weight excluding hydrogens is 247 g/mol. The molecule has 0 saturated heterocycles. The first-order valence-corrected chi connectivity index (χ1v) is 5.61. The first-order chi connectivity index (χ1) is 7.65. The minimum Gasteiger partial charge on any atom is -0.352 e. The lowest BCUT2D eigenvalue weighted by Gasteiger charge is -2.03. The van der Waals surface area contributed by atoms with Gasteiger partial charge in [0.05, 0.1) is 10.6 Å². The molecule has 16 heavy (non-hydrogen) atoms. The summed E-state index contributed by atoms with van der Waals surface area (Å²) in [6.07, 6.45) is 6.12. The largest absolute Gasteiger partial charge is 0.352 e. The molecule has 0 aromatic carbocycles.